The first-order chi connectivity index (χ1) is 22.0. The summed E-state index contributed by atoms with van der Waals surface area (Å²) in [6.07, 6.45) is 4.27. The van der Waals surface area contributed by atoms with Crippen molar-refractivity contribution in [2.75, 3.05) is 65.1 Å². The van der Waals surface area contributed by atoms with E-state index in [1.54, 1.807) is 14.2 Å². The number of hydrogen-bond acceptors (Lipinski definition) is 6. The molecule has 0 saturated carbocycles. The fourth-order valence-electron chi connectivity index (χ4n) is 7.52. The van der Waals surface area contributed by atoms with Gasteiger partial charge in [0.15, 0.2) is 6.54 Å². The SMILES string of the molecule is COCCN1CCCc2cc3c(cc21)C(C)(C)c1cc2c(cc1=C3c1ccccc1C(=O)OCC(C)(C)N)CCC[N+]=2CCOC. The minimum atomic E-state index is -0.618. The largest absolute Gasteiger partial charge is 0.460 e. The van der Waals surface area contributed by atoms with E-state index in [0.717, 1.165) is 63.0 Å². The van der Waals surface area contributed by atoms with E-state index >= 15 is 0 Å². The zero-order chi connectivity index (χ0) is 32.6. The highest BCUT2D eigenvalue weighted by Gasteiger charge is 2.37. The molecular weight excluding hydrogens is 574 g/mol. The lowest BCUT2D eigenvalue weighted by Crippen LogP contribution is -2.44. The van der Waals surface area contributed by atoms with Gasteiger partial charge in [-0.05, 0) is 96.0 Å². The molecule has 6 rings (SSSR count). The lowest BCUT2D eigenvalue weighted by molar-refractivity contribution is 0.0433. The van der Waals surface area contributed by atoms with Crippen molar-refractivity contribution in [2.24, 2.45) is 5.73 Å². The van der Waals surface area contributed by atoms with Crippen molar-refractivity contribution >= 4 is 17.2 Å². The van der Waals surface area contributed by atoms with Gasteiger partial charge in [0.25, 0.3) is 0 Å². The molecule has 7 nitrogen and oxygen atoms in total. The van der Waals surface area contributed by atoms with Crippen LogP contribution < -0.4 is 25.8 Å². The van der Waals surface area contributed by atoms with Gasteiger partial charge in [-0.2, -0.15) is 0 Å². The molecule has 0 aromatic heterocycles. The van der Waals surface area contributed by atoms with Crippen molar-refractivity contribution in [3.05, 3.63) is 98.1 Å². The monoisotopic (exact) mass is 624 g/mol. The number of aryl methyl sites for hydroxylation is 2. The number of benzene rings is 3. The first kappa shape index (κ1) is 32.4. The van der Waals surface area contributed by atoms with Crippen molar-refractivity contribution in [1.82, 2.24) is 4.58 Å². The van der Waals surface area contributed by atoms with E-state index in [2.05, 4.69) is 53.7 Å². The van der Waals surface area contributed by atoms with Crippen LogP contribution in [0.5, 0.6) is 0 Å². The zero-order valence-electron chi connectivity index (χ0n) is 28.5. The molecule has 2 N–H and O–H groups in total. The van der Waals surface area contributed by atoms with Gasteiger partial charge in [-0.25, -0.2) is 9.37 Å². The Labute approximate surface area is 273 Å². The third-order valence-electron chi connectivity index (χ3n) is 9.87. The summed E-state index contributed by atoms with van der Waals surface area (Å²) in [5.41, 5.74) is 15.7. The molecule has 2 heterocycles. The fourth-order valence-corrected chi connectivity index (χ4v) is 7.52. The lowest BCUT2D eigenvalue weighted by atomic mass is 9.67. The number of nitrogens with two attached hydrogens (primary N) is 1. The van der Waals surface area contributed by atoms with Crippen molar-refractivity contribution in [3.63, 3.8) is 0 Å². The van der Waals surface area contributed by atoms with E-state index in [-0.39, 0.29) is 18.0 Å². The molecule has 0 radical (unpaired) electrons. The summed E-state index contributed by atoms with van der Waals surface area (Å²) < 4.78 is 19.3. The minimum absolute atomic E-state index is 0.144. The molecule has 0 saturated heterocycles. The number of ether oxygens (including phenoxy) is 3. The molecule has 2 aliphatic heterocycles. The van der Waals surface area contributed by atoms with Crippen LogP contribution in [0, 0.1) is 0 Å². The number of nitrogens with zero attached hydrogens (tertiary/aromatic N) is 2. The Morgan fingerprint density at radius 2 is 1.72 bits per heavy atom. The number of fused-ring (bicyclic) bond motifs is 4. The number of esters is 1. The normalized spacial score (nSPS) is 16.8. The molecule has 0 bridgehead atoms. The summed E-state index contributed by atoms with van der Waals surface area (Å²) in [6, 6.07) is 17.6. The van der Waals surface area contributed by atoms with Crippen LogP contribution in [0.2, 0.25) is 0 Å². The maximum atomic E-state index is 13.7. The Balaban J connectivity index is 1.65. The second-order valence-electron chi connectivity index (χ2n) is 14.3. The van der Waals surface area contributed by atoms with E-state index in [0.29, 0.717) is 18.8 Å². The predicted octanol–water partition coefficient (Wildman–Crippen LogP) is 3.95. The molecule has 3 aliphatic rings. The molecule has 3 aromatic carbocycles. The van der Waals surface area contributed by atoms with Crippen molar-refractivity contribution in [2.45, 2.75) is 64.3 Å². The Morgan fingerprint density at radius 1 is 0.957 bits per heavy atom. The second-order valence-corrected chi connectivity index (χ2v) is 14.3. The van der Waals surface area contributed by atoms with Crippen molar-refractivity contribution < 1.29 is 19.0 Å². The third-order valence-corrected chi connectivity index (χ3v) is 9.87. The summed E-state index contributed by atoms with van der Waals surface area (Å²) >= 11 is 0. The number of methoxy groups -OCH3 is 2. The number of hydrogen-bond donors (Lipinski definition) is 1. The Kier molecular flexibility index (Phi) is 9.12. The van der Waals surface area contributed by atoms with Gasteiger partial charge < -0.3 is 24.8 Å². The first-order valence-electron chi connectivity index (χ1n) is 16.8. The number of carbonyl (C=O) groups is 1. The van der Waals surface area contributed by atoms with Gasteiger partial charge in [0.1, 0.15) is 19.8 Å². The van der Waals surface area contributed by atoms with Crippen LogP contribution in [0.4, 0.5) is 5.69 Å². The molecule has 1 aliphatic carbocycles. The maximum Gasteiger partial charge on any atom is 0.338 e. The number of rotatable bonds is 10. The maximum absolute atomic E-state index is 13.7. The fraction of sp³-hybridized carbons (Fsp3) is 0.487. The molecule has 7 heteroatoms. The highest BCUT2D eigenvalue weighted by molar-refractivity contribution is 5.99. The highest BCUT2D eigenvalue weighted by atomic mass is 16.5. The van der Waals surface area contributed by atoms with Crippen LogP contribution in [0.1, 0.15) is 84.3 Å². The van der Waals surface area contributed by atoms with Crippen molar-refractivity contribution in [3.8, 4) is 0 Å². The zero-order valence-corrected chi connectivity index (χ0v) is 28.5. The van der Waals surface area contributed by atoms with Gasteiger partial charge in [-0.1, -0.05) is 32.0 Å². The third kappa shape index (κ3) is 6.13. The summed E-state index contributed by atoms with van der Waals surface area (Å²) in [5, 5.41) is 2.51. The predicted molar refractivity (Wildman–Crippen MR) is 184 cm³/mol. The van der Waals surface area contributed by atoms with E-state index in [1.165, 1.54) is 44.1 Å². The average Bonchev–Trinajstić information content (AvgIpc) is 3.04. The highest BCUT2D eigenvalue weighted by Crippen LogP contribution is 2.44. The second kappa shape index (κ2) is 12.9. The topological polar surface area (TPSA) is 77.0 Å². The van der Waals surface area contributed by atoms with Gasteiger partial charge in [-0.15, -0.1) is 0 Å². The lowest BCUT2D eigenvalue weighted by Gasteiger charge is -2.39. The van der Waals surface area contributed by atoms with Gasteiger partial charge in [0.2, 0.25) is 5.36 Å². The van der Waals surface area contributed by atoms with Gasteiger partial charge >= 0.3 is 5.97 Å². The Hall–Kier alpha value is -3.52. The summed E-state index contributed by atoms with van der Waals surface area (Å²) in [7, 11) is 3.54. The molecule has 0 amide bonds. The van der Waals surface area contributed by atoms with E-state index < -0.39 is 5.54 Å². The minimum Gasteiger partial charge on any atom is -0.460 e. The van der Waals surface area contributed by atoms with Crippen LogP contribution in [0.15, 0.2) is 48.5 Å². The average molecular weight is 625 g/mol. The van der Waals surface area contributed by atoms with E-state index in [4.69, 9.17) is 19.9 Å². The molecule has 0 spiro atoms. The number of carbonyl (C=O) groups excluding carboxylic acids is 1. The number of anilines is 1. The molecule has 0 atom stereocenters. The van der Waals surface area contributed by atoms with Crippen LogP contribution in [-0.4, -0.2) is 71.7 Å². The molecule has 46 heavy (non-hydrogen) atoms. The van der Waals surface area contributed by atoms with E-state index in [1.807, 2.05) is 32.0 Å². The summed E-state index contributed by atoms with van der Waals surface area (Å²) in [5.74, 6) is -0.345. The Morgan fingerprint density at radius 3 is 2.48 bits per heavy atom. The molecule has 0 unspecified atom stereocenters. The summed E-state index contributed by atoms with van der Waals surface area (Å²) in [6.45, 7) is 13.8. The van der Waals surface area contributed by atoms with Crippen molar-refractivity contribution in [1.29, 1.82) is 0 Å². The van der Waals surface area contributed by atoms with Gasteiger partial charge in [0.05, 0.1) is 12.2 Å². The van der Waals surface area contributed by atoms with Crippen LogP contribution in [0.3, 0.4) is 0 Å². The summed E-state index contributed by atoms with van der Waals surface area (Å²) in [4.78, 5) is 16.2. The quantitative estimate of drug-likeness (QED) is 0.272. The standard InChI is InChI=1S/C39H50N3O4/c1-38(2,40)25-46-37(43)29-14-8-7-13-28(29)36-30-21-26-11-9-15-41(17-19-44-5)34(26)23-32(30)39(3,4)33-24-35-27(22-31(33)36)12-10-16-42(35)18-20-45-6/h7-8,13-14,21-24H,9-12,15-20,25,40H2,1-6H3/q+1. The molecular formula is C39H50N3O4+. The smallest absolute Gasteiger partial charge is 0.338 e. The van der Waals surface area contributed by atoms with Crippen LogP contribution in [-0.2, 0) is 32.5 Å². The molecule has 0 fully saturated rings. The Bertz CT molecular complexity index is 1770. The van der Waals surface area contributed by atoms with Gasteiger partial charge in [0, 0.05) is 62.0 Å². The molecule has 244 valence electrons. The first-order valence-corrected chi connectivity index (χ1v) is 16.8. The van der Waals surface area contributed by atoms with Crippen LogP contribution in [0.25, 0.3) is 5.57 Å². The van der Waals surface area contributed by atoms with E-state index in [9.17, 15) is 4.79 Å². The van der Waals surface area contributed by atoms with Crippen LogP contribution >= 0.6 is 0 Å². The molecule has 3 aromatic rings. The van der Waals surface area contributed by atoms with Gasteiger partial charge in [-0.3, -0.25) is 0 Å².